The number of amides is 2. The van der Waals surface area contributed by atoms with E-state index in [-0.39, 0.29) is 18.0 Å². The molecule has 0 heterocycles. The lowest BCUT2D eigenvalue weighted by Gasteiger charge is -2.24. The molecule has 0 aromatic heterocycles. The molecule has 2 N–H and O–H groups in total. The molecule has 1 aromatic rings. The van der Waals surface area contributed by atoms with Gasteiger partial charge in [-0.05, 0) is 53.5 Å². The predicted molar refractivity (Wildman–Crippen MR) is 108 cm³/mol. The maximum Gasteiger partial charge on any atom is 0.408 e. The van der Waals surface area contributed by atoms with Gasteiger partial charge in [-0.1, -0.05) is 36.4 Å². The third-order valence-electron chi connectivity index (χ3n) is 3.47. The normalized spacial score (nSPS) is 12.9. The second kappa shape index (κ2) is 10.7. The van der Waals surface area contributed by atoms with Crippen molar-refractivity contribution in [3.63, 3.8) is 0 Å². The number of ether oxygens (including phenoxy) is 1. The van der Waals surface area contributed by atoms with Crippen LogP contribution in [0, 0.1) is 0 Å². The van der Waals surface area contributed by atoms with E-state index in [4.69, 9.17) is 4.74 Å². The summed E-state index contributed by atoms with van der Waals surface area (Å²) in [6.07, 6.45) is 3.26. The maximum atomic E-state index is 12.4. The van der Waals surface area contributed by atoms with E-state index in [0.717, 1.165) is 5.56 Å². The van der Waals surface area contributed by atoms with Crippen LogP contribution in [0.1, 0.15) is 47.1 Å². The highest BCUT2D eigenvalue weighted by atomic mass is 16.6. The molecule has 0 bridgehead atoms. The second-order valence-electron chi connectivity index (χ2n) is 7.67. The van der Waals surface area contributed by atoms with Crippen molar-refractivity contribution in [2.45, 2.75) is 65.6 Å². The molecule has 0 fully saturated rings. The molecule has 1 aromatic carbocycles. The molecule has 0 aliphatic carbocycles. The summed E-state index contributed by atoms with van der Waals surface area (Å²) < 4.78 is 5.34. The molecule has 0 saturated carbocycles. The third kappa shape index (κ3) is 9.80. The quantitative estimate of drug-likeness (QED) is 0.539. The lowest BCUT2D eigenvalue weighted by molar-refractivity contribution is -0.129. The Morgan fingerprint density at radius 2 is 1.81 bits per heavy atom. The first-order valence-corrected chi connectivity index (χ1v) is 9.40. The van der Waals surface area contributed by atoms with Crippen molar-refractivity contribution >= 4 is 12.0 Å². The molecule has 150 valence electrons. The number of alkyl carbamates (subject to hydrolysis) is 1. The van der Waals surface area contributed by atoms with Crippen LogP contribution < -0.4 is 10.7 Å². The Balaban J connectivity index is 2.86. The van der Waals surface area contributed by atoms with Gasteiger partial charge in [0.1, 0.15) is 5.60 Å². The minimum Gasteiger partial charge on any atom is -0.444 e. The zero-order valence-electron chi connectivity index (χ0n) is 17.3. The van der Waals surface area contributed by atoms with Crippen molar-refractivity contribution in [1.29, 1.82) is 0 Å². The van der Waals surface area contributed by atoms with Gasteiger partial charge in [0.15, 0.2) is 0 Å². The fourth-order valence-corrected chi connectivity index (χ4v) is 2.41. The Morgan fingerprint density at radius 3 is 2.33 bits per heavy atom. The standard InChI is InChI=1S/C21H33N3O3/c1-7-24(23-16(2)3)19(25)14-13-18(15-17-11-9-8-10-12-17)22-20(26)27-21(4,5)6/h8-14,16,18,23H,7,15H2,1-6H3,(H,22,26)/t18-/m1/s1. The van der Waals surface area contributed by atoms with E-state index >= 15 is 0 Å². The Hall–Kier alpha value is -2.34. The minimum absolute atomic E-state index is 0.155. The molecule has 27 heavy (non-hydrogen) atoms. The average Bonchev–Trinajstić information content (AvgIpc) is 2.56. The molecule has 0 aliphatic heterocycles. The SMILES string of the molecule is CCN(NC(C)C)C(=O)C=C[C@H](Cc1ccccc1)NC(=O)OC(C)(C)C. The van der Waals surface area contributed by atoms with Gasteiger partial charge in [0.05, 0.1) is 6.04 Å². The Morgan fingerprint density at radius 1 is 1.19 bits per heavy atom. The summed E-state index contributed by atoms with van der Waals surface area (Å²) in [6.45, 7) is 11.8. The van der Waals surface area contributed by atoms with Gasteiger partial charge in [0.25, 0.3) is 5.91 Å². The molecule has 6 heteroatoms. The van der Waals surface area contributed by atoms with Gasteiger partial charge < -0.3 is 10.1 Å². The second-order valence-corrected chi connectivity index (χ2v) is 7.67. The molecule has 0 radical (unpaired) electrons. The van der Waals surface area contributed by atoms with Crippen LogP contribution in [0.2, 0.25) is 0 Å². The van der Waals surface area contributed by atoms with E-state index in [0.29, 0.717) is 13.0 Å². The number of rotatable bonds is 8. The molecule has 0 spiro atoms. The minimum atomic E-state index is -0.582. The summed E-state index contributed by atoms with van der Waals surface area (Å²) in [6, 6.07) is 9.60. The summed E-state index contributed by atoms with van der Waals surface area (Å²) in [7, 11) is 0. The number of nitrogens with zero attached hydrogens (tertiary/aromatic N) is 1. The van der Waals surface area contributed by atoms with Gasteiger partial charge in [-0.25, -0.2) is 10.2 Å². The van der Waals surface area contributed by atoms with Gasteiger partial charge in [-0.3, -0.25) is 9.80 Å². The van der Waals surface area contributed by atoms with Crippen LogP contribution in [0.4, 0.5) is 4.79 Å². The van der Waals surface area contributed by atoms with E-state index in [9.17, 15) is 9.59 Å². The summed E-state index contributed by atoms with van der Waals surface area (Å²) >= 11 is 0. The lowest BCUT2D eigenvalue weighted by Crippen LogP contribution is -2.45. The first-order chi connectivity index (χ1) is 12.6. The molecule has 1 rings (SSSR count). The summed E-state index contributed by atoms with van der Waals surface area (Å²) in [4.78, 5) is 24.6. The Bertz CT molecular complexity index is 621. The Kier molecular flexibility index (Phi) is 9.02. The third-order valence-corrected chi connectivity index (χ3v) is 3.47. The number of hydrogen-bond acceptors (Lipinski definition) is 4. The van der Waals surface area contributed by atoms with Crippen molar-refractivity contribution in [1.82, 2.24) is 15.8 Å². The van der Waals surface area contributed by atoms with E-state index < -0.39 is 11.7 Å². The van der Waals surface area contributed by atoms with Crippen molar-refractivity contribution in [2.75, 3.05) is 6.54 Å². The molecule has 2 amide bonds. The number of nitrogens with one attached hydrogen (secondary N) is 2. The highest BCUT2D eigenvalue weighted by molar-refractivity contribution is 5.87. The topological polar surface area (TPSA) is 70.7 Å². The molecule has 0 unspecified atom stereocenters. The predicted octanol–water partition coefficient (Wildman–Crippen LogP) is 3.44. The zero-order chi connectivity index (χ0) is 20.4. The van der Waals surface area contributed by atoms with Crippen molar-refractivity contribution in [3.05, 3.63) is 48.0 Å². The molecular weight excluding hydrogens is 342 g/mol. The summed E-state index contributed by atoms with van der Waals surface area (Å²) in [5, 5.41) is 4.39. The molecule has 0 aliphatic rings. The van der Waals surface area contributed by atoms with Crippen LogP contribution in [-0.4, -0.2) is 41.2 Å². The number of carbonyl (C=O) groups is 2. The fourth-order valence-electron chi connectivity index (χ4n) is 2.41. The number of likely N-dealkylation sites (N-methyl/N-ethyl adjacent to an activating group) is 1. The molecule has 6 nitrogen and oxygen atoms in total. The number of hydrogen-bond donors (Lipinski definition) is 2. The smallest absolute Gasteiger partial charge is 0.408 e. The highest BCUT2D eigenvalue weighted by Gasteiger charge is 2.19. The van der Waals surface area contributed by atoms with Crippen molar-refractivity contribution in [2.24, 2.45) is 0 Å². The average molecular weight is 376 g/mol. The lowest BCUT2D eigenvalue weighted by atomic mass is 10.1. The van der Waals surface area contributed by atoms with Crippen LogP contribution >= 0.6 is 0 Å². The maximum absolute atomic E-state index is 12.4. The molecule has 0 saturated heterocycles. The first kappa shape index (κ1) is 22.7. The van der Waals surface area contributed by atoms with E-state index in [1.807, 2.05) is 71.9 Å². The summed E-state index contributed by atoms with van der Waals surface area (Å²) in [5.74, 6) is -0.157. The van der Waals surface area contributed by atoms with Crippen molar-refractivity contribution in [3.8, 4) is 0 Å². The Labute approximate surface area is 162 Å². The largest absolute Gasteiger partial charge is 0.444 e. The first-order valence-electron chi connectivity index (χ1n) is 9.40. The van der Waals surface area contributed by atoms with Crippen molar-refractivity contribution < 1.29 is 14.3 Å². The van der Waals surface area contributed by atoms with Crippen LogP contribution in [-0.2, 0) is 16.0 Å². The van der Waals surface area contributed by atoms with E-state index in [1.54, 1.807) is 11.1 Å². The van der Waals surface area contributed by atoms with Gasteiger partial charge >= 0.3 is 6.09 Å². The zero-order valence-corrected chi connectivity index (χ0v) is 17.3. The van der Waals surface area contributed by atoms with Gasteiger partial charge in [0.2, 0.25) is 0 Å². The van der Waals surface area contributed by atoms with Crippen LogP contribution in [0.3, 0.4) is 0 Å². The molecule has 1 atom stereocenters. The van der Waals surface area contributed by atoms with Gasteiger partial charge in [-0.2, -0.15) is 0 Å². The molecular formula is C21H33N3O3. The number of hydrazine groups is 1. The summed E-state index contributed by atoms with van der Waals surface area (Å²) in [5.41, 5.74) is 3.57. The van der Waals surface area contributed by atoms with Gasteiger partial charge in [0, 0.05) is 18.7 Å². The number of carbonyl (C=O) groups excluding carboxylic acids is 2. The highest BCUT2D eigenvalue weighted by Crippen LogP contribution is 2.09. The van der Waals surface area contributed by atoms with Crippen LogP contribution in [0.15, 0.2) is 42.5 Å². The van der Waals surface area contributed by atoms with Crippen LogP contribution in [0.25, 0.3) is 0 Å². The van der Waals surface area contributed by atoms with Crippen LogP contribution in [0.5, 0.6) is 0 Å². The fraction of sp³-hybridized carbons (Fsp3) is 0.524. The van der Waals surface area contributed by atoms with E-state index in [2.05, 4.69) is 10.7 Å². The van der Waals surface area contributed by atoms with E-state index in [1.165, 1.54) is 6.08 Å². The van der Waals surface area contributed by atoms with Gasteiger partial charge in [-0.15, -0.1) is 0 Å². The monoisotopic (exact) mass is 375 g/mol. The number of benzene rings is 1.